The molecule has 0 unspecified atom stereocenters. The van der Waals surface area contributed by atoms with Crippen molar-refractivity contribution in [1.82, 2.24) is 10.2 Å². The molecule has 1 fully saturated rings. The van der Waals surface area contributed by atoms with Gasteiger partial charge in [-0.25, -0.2) is 0 Å². The molecule has 1 saturated carbocycles. The highest BCUT2D eigenvalue weighted by Crippen LogP contribution is 2.23. The quantitative estimate of drug-likeness (QED) is 0.926. The van der Waals surface area contributed by atoms with Crippen LogP contribution in [0.2, 0.25) is 0 Å². The third kappa shape index (κ3) is 3.57. The van der Waals surface area contributed by atoms with E-state index in [2.05, 4.69) is 21.2 Å². The van der Waals surface area contributed by atoms with Crippen molar-refractivity contribution in [2.75, 3.05) is 14.1 Å². The van der Waals surface area contributed by atoms with Crippen LogP contribution in [0.5, 0.6) is 0 Å². The molecular formula is C15H21BrN2O. The third-order valence-electron chi connectivity index (χ3n) is 4.06. The average molecular weight is 325 g/mol. The van der Waals surface area contributed by atoms with Crippen molar-refractivity contribution in [3.63, 3.8) is 0 Å². The molecule has 0 aromatic heterocycles. The summed E-state index contributed by atoms with van der Waals surface area (Å²) in [5, 5.41) is 3.32. The molecule has 1 aromatic rings. The monoisotopic (exact) mass is 324 g/mol. The second kappa shape index (κ2) is 6.53. The van der Waals surface area contributed by atoms with Crippen LogP contribution in [0.1, 0.15) is 36.0 Å². The predicted molar refractivity (Wildman–Crippen MR) is 81.3 cm³/mol. The predicted octanol–water partition coefficient (Wildman–Crippen LogP) is 3.05. The lowest BCUT2D eigenvalue weighted by Crippen LogP contribution is -2.42. The zero-order chi connectivity index (χ0) is 13.8. The average Bonchev–Trinajstić information content (AvgIpc) is 2.46. The van der Waals surface area contributed by atoms with Gasteiger partial charge in [0, 0.05) is 29.2 Å². The molecule has 4 heteroatoms. The van der Waals surface area contributed by atoms with Gasteiger partial charge in [0.25, 0.3) is 5.91 Å². The summed E-state index contributed by atoms with van der Waals surface area (Å²) in [7, 11) is 3.94. The fourth-order valence-electron chi connectivity index (χ4n) is 2.71. The smallest absolute Gasteiger partial charge is 0.253 e. The summed E-state index contributed by atoms with van der Waals surface area (Å²) in [4.78, 5) is 14.3. The number of hydrogen-bond donors (Lipinski definition) is 1. The highest BCUT2D eigenvalue weighted by Gasteiger charge is 2.26. The lowest BCUT2D eigenvalue weighted by Gasteiger charge is -2.34. The minimum absolute atomic E-state index is 0.125. The van der Waals surface area contributed by atoms with Crippen LogP contribution in [0.25, 0.3) is 0 Å². The van der Waals surface area contributed by atoms with Crippen LogP contribution >= 0.6 is 15.9 Å². The third-order valence-corrected chi connectivity index (χ3v) is 4.59. The number of nitrogens with zero attached hydrogens (tertiary/aromatic N) is 1. The molecule has 1 aliphatic rings. The van der Waals surface area contributed by atoms with Gasteiger partial charge in [0.05, 0.1) is 0 Å². The summed E-state index contributed by atoms with van der Waals surface area (Å²) in [6.45, 7) is 0. The van der Waals surface area contributed by atoms with Gasteiger partial charge < -0.3 is 10.2 Å². The van der Waals surface area contributed by atoms with E-state index in [1.807, 2.05) is 43.3 Å². The summed E-state index contributed by atoms with van der Waals surface area (Å²) < 4.78 is 1.00. The van der Waals surface area contributed by atoms with Gasteiger partial charge in [-0.15, -0.1) is 0 Å². The summed E-state index contributed by atoms with van der Waals surface area (Å²) >= 11 is 3.39. The van der Waals surface area contributed by atoms with Crippen LogP contribution in [0, 0.1) is 0 Å². The Hall–Kier alpha value is -0.870. The lowest BCUT2D eigenvalue weighted by molar-refractivity contribution is 0.0685. The van der Waals surface area contributed by atoms with E-state index in [0.29, 0.717) is 12.1 Å². The van der Waals surface area contributed by atoms with Gasteiger partial charge in [-0.1, -0.05) is 15.9 Å². The number of halogens is 1. The number of amides is 1. The van der Waals surface area contributed by atoms with Crippen LogP contribution in [0.4, 0.5) is 0 Å². The standard InChI is InChI=1S/C15H21BrN2O/c1-17-13-7-9-14(10-8-13)18(2)15(19)11-3-5-12(16)6-4-11/h3-6,13-14,17H,7-10H2,1-2H3. The lowest BCUT2D eigenvalue weighted by atomic mass is 9.90. The molecule has 104 valence electrons. The first-order valence-corrected chi connectivity index (χ1v) is 7.61. The van der Waals surface area contributed by atoms with E-state index in [-0.39, 0.29) is 5.91 Å². The molecule has 0 atom stereocenters. The first-order chi connectivity index (χ1) is 9.11. The van der Waals surface area contributed by atoms with E-state index in [1.165, 1.54) is 0 Å². The van der Waals surface area contributed by atoms with E-state index >= 15 is 0 Å². The second-order valence-corrected chi connectivity index (χ2v) is 6.13. The Morgan fingerprint density at radius 1 is 1.21 bits per heavy atom. The van der Waals surface area contributed by atoms with Gasteiger partial charge >= 0.3 is 0 Å². The maximum Gasteiger partial charge on any atom is 0.253 e. The van der Waals surface area contributed by atoms with E-state index < -0.39 is 0 Å². The van der Waals surface area contributed by atoms with E-state index in [0.717, 1.165) is 35.7 Å². The molecule has 1 aromatic carbocycles. The van der Waals surface area contributed by atoms with Gasteiger partial charge in [-0.2, -0.15) is 0 Å². The summed E-state index contributed by atoms with van der Waals surface area (Å²) in [6.07, 6.45) is 4.48. The van der Waals surface area contributed by atoms with Gasteiger partial charge in [0.1, 0.15) is 0 Å². The molecule has 0 spiro atoms. The van der Waals surface area contributed by atoms with Gasteiger partial charge in [-0.3, -0.25) is 4.79 Å². The minimum Gasteiger partial charge on any atom is -0.339 e. The summed E-state index contributed by atoms with van der Waals surface area (Å²) in [5.41, 5.74) is 0.765. The Kier molecular flexibility index (Phi) is 4.99. The fraction of sp³-hybridized carbons (Fsp3) is 0.533. The van der Waals surface area contributed by atoms with Crippen molar-refractivity contribution in [2.24, 2.45) is 0 Å². The number of carbonyl (C=O) groups is 1. The van der Waals surface area contributed by atoms with Crippen LogP contribution < -0.4 is 5.32 Å². The fourth-order valence-corrected chi connectivity index (χ4v) is 2.98. The topological polar surface area (TPSA) is 32.3 Å². The van der Waals surface area contributed by atoms with Crippen molar-refractivity contribution < 1.29 is 4.79 Å². The largest absolute Gasteiger partial charge is 0.339 e. The molecular weight excluding hydrogens is 304 g/mol. The van der Waals surface area contributed by atoms with Gasteiger partial charge in [0.15, 0.2) is 0 Å². The second-order valence-electron chi connectivity index (χ2n) is 5.22. The van der Waals surface area contributed by atoms with Crippen molar-refractivity contribution in [3.8, 4) is 0 Å². The van der Waals surface area contributed by atoms with Gasteiger partial charge in [0.2, 0.25) is 0 Å². The molecule has 0 radical (unpaired) electrons. The molecule has 1 N–H and O–H groups in total. The van der Waals surface area contributed by atoms with E-state index in [9.17, 15) is 4.79 Å². The Labute approximate surface area is 123 Å². The zero-order valence-electron chi connectivity index (χ0n) is 11.5. The van der Waals surface area contributed by atoms with Crippen molar-refractivity contribution >= 4 is 21.8 Å². The number of rotatable bonds is 3. The molecule has 1 aliphatic carbocycles. The van der Waals surface area contributed by atoms with Crippen molar-refractivity contribution in [3.05, 3.63) is 34.3 Å². The van der Waals surface area contributed by atoms with E-state index in [1.54, 1.807) is 0 Å². The molecule has 0 bridgehead atoms. The van der Waals surface area contributed by atoms with Crippen LogP contribution in [-0.4, -0.2) is 37.0 Å². The number of hydrogen-bond acceptors (Lipinski definition) is 2. The molecule has 19 heavy (non-hydrogen) atoms. The Balaban J connectivity index is 1.98. The molecule has 0 heterocycles. The number of benzene rings is 1. The summed E-state index contributed by atoms with van der Waals surface area (Å²) in [6, 6.07) is 8.58. The van der Waals surface area contributed by atoms with Crippen LogP contribution in [0.3, 0.4) is 0 Å². The highest BCUT2D eigenvalue weighted by atomic mass is 79.9. The SMILES string of the molecule is CNC1CCC(N(C)C(=O)c2ccc(Br)cc2)CC1. The Bertz CT molecular complexity index is 424. The highest BCUT2D eigenvalue weighted by molar-refractivity contribution is 9.10. The van der Waals surface area contributed by atoms with Crippen LogP contribution in [0.15, 0.2) is 28.7 Å². The molecule has 1 amide bonds. The number of nitrogens with one attached hydrogen (secondary N) is 1. The van der Waals surface area contributed by atoms with Crippen molar-refractivity contribution in [2.45, 2.75) is 37.8 Å². The normalized spacial score (nSPS) is 23.1. The minimum atomic E-state index is 0.125. The molecule has 3 nitrogen and oxygen atoms in total. The Morgan fingerprint density at radius 2 is 1.79 bits per heavy atom. The van der Waals surface area contributed by atoms with Crippen LogP contribution in [-0.2, 0) is 0 Å². The van der Waals surface area contributed by atoms with E-state index in [4.69, 9.17) is 0 Å². The number of carbonyl (C=O) groups excluding carboxylic acids is 1. The zero-order valence-corrected chi connectivity index (χ0v) is 13.1. The van der Waals surface area contributed by atoms with Gasteiger partial charge in [-0.05, 0) is 57.0 Å². The molecule has 2 rings (SSSR count). The first kappa shape index (κ1) is 14.5. The van der Waals surface area contributed by atoms with Crippen molar-refractivity contribution in [1.29, 1.82) is 0 Å². The Morgan fingerprint density at radius 3 is 2.32 bits per heavy atom. The molecule has 0 aliphatic heterocycles. The maximum atomic E-state index is 12.4. The maximum absolute atomic E-state index is 12.4. The summed E-state index contributed by atoms with van der Waals surface area (Å²) in [5.74, 6) is 0.125. The first-order valence-electron chi connectivity index (χ1n) is 6.82. The molecule has 0 saturated heterocycles.